The van der Waals surface area contributed by atoms with E-state index in [1.807, 2.05) is 0 Å². The highest BCUT2D eigenvalue weighted by molar-refractivity contribution is 5.83. The van der Waals surface area contributed by atoms with Crippen molar-refractivity contribution >= 4 is 0 Å². The maximum Gasteiger partial charge on any atom is 0.131 e. The van der Waals surface area contributed by atoms with E-state index in [0.717, 1.165) is 0 Å². The largest absolute Gasteiger partial charge is 0.207 e. The zero-order valence-corrected chi connectivity index (χ0v) is 10.9. The molecule has 21 heavy (non-hydrogen) atoms. The van der Waals surface area contributed by atoms with Crippen LogP contribution in [0, 0.1) is 23.5 Å². The van der Waals surface area contributed by atoms with Crippen LogP contribution in [0.3, 0.4) is 0 Å². The smallest absolute Gasteiger partial charge is 0.131 e. The third kappa shape index (κ3) is 2.68. The van der Waals surface area contributed by atoms with E-state index < -0.39 is 5.82 Å². The first-order valence-corrected chi connectivity index (χ1v) is 6.37. The zero-order valence-electron chi connectivity index (χ0n) is 10.9. The second-order valence-electron chi connectivity index (χ2n) is 4.59. The van der Waals surface area contributed by atoms with E-state index in [9.17, 15) is 13.2 Å². The van der Waals surface area contributed by atoms with Crippen molar-refractivity contribution in [3.8, 4) is 22.3 Å². The van der Waals surface area contributed by atoms with Crippen LogP contribution in [-0.4, -0.2) is 0 Å². The molecule has 0 aliphatic carbocycles. The topological polar surface area (TPSA) is 0 Å². The molecule has 3 rings (SSSR count). The molecule has 1 radical (unpaired) electrons. The summed E-state index contributed by atoms with van der Waals surface area (Å²) in [5, 5.41) is 0. The Kier molecular flexibility index (Phi) is 3.48. The molecule has 0 aromatic heterocycles. The maximum atomic E-state index is 14.2. The molecule has 0 spiro atoms. The lowest BCUT2D eigenvalue weighted by Crippen LogP contribution is -1.91. The molecule has 3 heteroatoms. The number of halogens is 3. The molecule has 0 atom stereocenters. The summed E-state index contributed by atoms with van der Waals surface area (Å²) in [5.74, 6) is -1.18. The van der Waals surface area contributed by atoms with Crippen LogP contribution in [0.4, 0.5) is 13.2 Å². The highest BCUT2D eigenvalue weighted by atomic mass is 19.1. The van der Waals surface area contributed by atoms with Gasteiger partial charge in [0.2, 0.25) is 0 Å². The summed E-state index contributed by atoms with van der Waals surface area (Å²) in [7, 11) is 0. The molecule has 0 bridgehead atoms. The molecule has 0 fully saturated rings. The van der Waals surface area contributed by atoms with Crippen molar-refractivity contribution in [1.29, 1.82) is 0 Å². The van der Waals surface area contributed by atoms with E-state index in [2.05, 4.69) is 6.07 Å². The number of benzene rings is 3. The van der Waals surface area contributed by atoms with Crippen LogP contribution in [0.25, 0.3) is 22.3 Å². The van der Waals surface area contributed by atoms with Crippen LogP contribution >= 0.6 is 0 Å². The van der Waals surface area contributed by atoms with E-state index in [-0.39, 0.29) is 11.6 Å². The summed E-state index contributed by atoms with van der Waals surface area (Å²) in [5.41, 5.74) is 2.03. The second kappa shape index (κ2) is 5.44. The number of hydrogen-bond acceptors (Lipinski definition) is 0. The Hall–Kier alpha value is -2.55. The number of rotatable bonds is 2. The van der Waals surface area contributed by atoms with Crippen LogP contribution in [-0.2, 0) is 0 Å². The Balaban J connectivity index is 2.20. The maximum absolute atomic E-state index is 14.2. The first kappa shape index (κ1) is 13.4. The van der Waals surface area contributed by atoms with E-state index in [0.29, 0.717) is 22.3 Å². The summed E-state index contributed by atoms with van der Waals surface area (Å²) < 4.78 is 40.3. The van der Waals surface area contributed by atoms with Crippen molar-refractivity contribution in [3.05, 3.63) is 84.2 Å². The Labute approximate surface area is 120 Å². The van der Waals surface area contributed by atoms with E-state index in [1.54, 1.807) is 12.1 Å². The zero-order chi connectivity index (χ0) is 14.8. The van der Waals surface area contributed by atoms with Gasteiger partial charge in [-0.1, -0.05) is 30.3 Å². The third-order valence-electron chi connectivity index (χ3n) is 3.21. The molecule has 103 valence electrons. The molecule has 0 heterocycles. The van der Waals surface area contributed by atoms with Gasteiger partial charge in [-0.3, -0.25) is 0 Å². The van der Waals surface area contributed by atoms with Gasteiger partial charge in [-0.15, -0.1) is 0 Å². The minimum absolute atomic E-state index is 0.323. The molecule has 0 nitrogen and oxygen atoms in total. The second-order valence-corrected chi connectivity index (χ2v) is 4.59. The van der Waals surface area contributed by atoms with E-state index in [4.69, 9.17) is 0 Å². The minimum atomic E-state index is -0.431. The molecule has 0 N–H and O–H groups in total. The lowest BCUT2D eigenvalue weighted by Gasteiger charge is -2.11. The van der Waals surface area contributed by atoms with Crippen LogP contribution in [0.5, 0.6) is 0 Å². The quantitative estimate of drug-likeness (QED) is 0.603. The highest BCUT2D eigenvalue weighted by Gasteiger charge is 2.13. The van der Waals surface area contributed by atoms with Crippen molar-refractivity contribution in [2.75, 3.05) is 0 Å². The van der Waals surface area contributed by atoms with Gasteiger partial charge in [-0.25, -0.2) is 13.2 Å². The predicted octanol–water partition coefficient (Wildman–Crippen LogP) is 5.24. The van der Waals surface area contributed by atoms with E-state index in [1.165, 1.54) is 48.5 Å². The first-order valence-electron chi connectivity index (χ1n) is 6.37. The van der Waals surface area contributed by atoms with Crippen LogP contribution in [0.1, 0.15) is 0 Å². The predicted molar refractivity (Wildman–Crippen MR) is 76.0 cm³/mol. The SMILES string of the molecule is Fc1ccc(-c2[c]ccc(F)c2-c2ccc(F)cc2)cc1. The Morgan fingerprint density at radius 2 is 1.14 bits per heavy atom. The van der Waals surface area contributed by atoms with Crippen LogP contribution < -0.4 is 0 Å². The summed E-state index contributed by atoms with van der Waals surface area (Å²) in [6.45, 7) is 0. The highest BCUT2D eigenvalue weighted by Crippen LogP contribution is 2.34. The van der Waals surface area contributed by atoms with Crippen LogP contribution in [0.2, 0.25) is 0 Å². The molecule has 0 amide bonds. The molecule has 3 aromatic carbocycles. The molecule has 0 aliphatic heterocycles. The Bertz CT molecular complexity index is 759. The molecular formula is C18H10F3. The Morgan fingerprint density at radius 3 is 1.71 bits per heavy atom. The molecular weight excluding hydrogens is 273 g/mol. The monoisotopic (exact) mass is 283 g/mol. The average Bonchev–Trinajstić information content (AvgIpc) is 2.49. The molecule has 0 saturated carbocycles. The standard InChI is InChI=1S/C18H10F3/c19-14-8-4-12(5-9-14)16-2-1-3-17(21)18(16)13-6-10-15(20)11-7-13/h1,3-11H. The van der Waals surface area contributed by atoms with Crippen molar-refractivity contribution in [2.24, 2.45) is 0 Å². The first-order chi connectivity index (χ1) is 10.1. The van der Waals surface area contributed by atoms with Gasteiger partial charge < -0.3 is 0 Å². The van der Waals surface area contributed by atoms with Gasteiger partial charge >= 0.3 is 0 Å². The molecule has 0 unspecified atom stereocenters. The Morgan fingerprint density at radius 1 is 0.619 bits per heavy atom. The van der Waals surface area contributed by atoms with Crippen molar-refractivity contribution in [3.63, 3.8) is 0 Å². The summed E-state index contributed by atoms with van der Waals surface area (Å²) in [6, 6.07) is 17.0. The lowest BCUT2D eigenvalue weighted by atomic mass is 9.94. The van der Waals surface area contributed by atoms with Crippen molar-refractivity contribution in [2.45, 2.75) is 0 Å². The van der Waals surface area contributed by atoms with Gasteiger partial charge in [-0.05, 0) is 47.5 Å². The molecule has 0 aliphatic rings. The molecule has 3 aromatic rings. The van der Waals surface area contributed by atoms with Gasteiger partial charge in [0, 0.05) is 11.1 Å². The number of hydrogen-bond donors (Lipinski definition) is 0. The van der Waals surface area contributed by atoms with Crippen molar-refractivity contribution < 1.29 is 13.2 Å². The lowest BCUT2D eigenvalue weighted by molar-refractivity contribution is 0.625. The fraction of sp³-hybridized carbons (Fsp3) is 0. The average molecular weight is 283 g/mol. The summed E-state index contributed by atoms with van der Waals surface area (Å²) in [6.07, 6.45) is 0. The van der Waals surface area contributed by atoms with Gasteiger partial charge in [-0.2, -0.15) is 0 Å². The third-order valence-corrected chi connectivity index (χ3v) is 3.21. The summed E-state index contributed by atoms with van der Waals surface area (Å²) >= 11 is 0. The van der Waals surface area contributed by atoms with E-state index >= 15 is 0 Å². The molecule has 0 saturated heterocycles. The fourth-order valence-corrected chi connectivity index (χ4v) is 2.22. The van der Waals surface area contributed by atoms with Gasteiger partial charge in [0.25, 0.3) is 0 Å². The summed E-state index contributed by atoms with van der Waals surface area (Å²) in [4.78, 5) is 0. The van der Waals surface area contributed by atoms with Gasteiger partial charge in [0.15, 0.2) is 0 Å². The van der Waals surface area contributed by atoms with Crippen LogP contribution in [0.15, 0.2) is 60.7 Å². The van der Waals surface area contributed by atoms with Crippen molar-refractivity contribution in [1.82, 2.24) is 0 Å². The fourth-order valence-electron chi connectivity index (χ4n) is 2.22. The minimum Gasteiger partial charge on any atom is -0.207 e. The van der Waals surface area contributed by atoms with Gasteiger partial charge in [0.05, 0.1) is 0 Å². The normalized spacial score (nSPS) is 10.6. The van der Waals surface area contributed by atoms with Gasteiger partial charge in [0.1, 0.15) is 17.5 Å².